The van der Waals surface area contributed by atoms with E-state index in [1.165, 1.54) is 0 Å². The summed E-state index contributed by atoms with van der Waals surface area (Å²) in [6.45, 7) is 3.23. The van der Waals surface area contributed by atoms with E-state index in [0.29, 0.717) is 37.0 Å². The van der Waals surface area contributed by atoms with Gasteiger partial charge in [-0.3, -0.25) is 9.79 Å². The van der Waals surface area contributed by atoms with E-state index in [-0.39, 0.29) is 29.9 Å². The van der Waals surface area contributed by atoms with E-state index >= 15 is 0 Å². The monoisotopic (exact) mass is 450 g/mol. The van der Waals surface area contributed by atoms with E-state index in [0.717, 1.165) is 12.1 Å². The Hall–Kier alpha value is -1.71. The Morgan fingerprint density at radius 2 is 1.83 bits per heavy atom. The summed E-state index contributed by atoms with van der Waals surface area (Å²) in [5, 5.41) is 9.07. The highest BCUT2D eigenvalue weighted by molar-refractivity contribution is 14.0. The van der Waals surface area contributed by atoms with Gasteiger partial charge in [-0.25, -0.2) is 0 Å². The first kappa shape index (κ1) is 22.3. The van der Waals surface area contributed by atoms with Crippen molar-refractivity contribution in [2.75, 3.05) is 39.7 Å². The lowest BCUT2D eigenvalue weighted by Gasteiger charge is -2.14. The molecule has 136 valence electrons. The summed E-state index contributed by atoms with van der Waals surface area (Å²) in [4.78, 5) is 15.7. The molecule has 0 atom stereocenters. The van der Waals surface area contributed by atoms with Gasteiger partial charge in [0.2, 0.25) is 5.91 Å². The fourth-order valence-corrected chi connectivity index (χ4v) is 1.88. The van der Waals surface area contributed by atoms with Crippen LogP contribution in [0.2, 0.25) is 0 Å². The van der Waals surface area contributed by atoms with Crippen molar-refractivity contribution in [2.45, 2.75) is 19.8 Å². The van der Waals surface area contributed by atoms with Crippen molar-refractivity contribution in [1.29, 1.82) is 0 Å². The highest BCUT2D eigenvalue weighted by Gasteiger charge is 2.06. The number of carbonyl (C=O) groups excluding carboxylic acids is 1. The van der Waals surface area contributed by atoms with Crippen molar-refractivity contribution in [3.63, 3.8) is 0 Å². The van der Waals surface area contributed by atoms with E-state index in [1.807, 2.05) is 25.1 Å². The number of hydrogen-bond acceptors (Lipinski definition) is 4. The van der Waals surface area contributed by atoms with Crippen molar-refractivity contribution >= 4 is 41.5 Å². The number of rotatable bonds is 8. The van der Waals surface area contributed by atoms with E-state index in [9.17, 15) is 4.79 Å². The predicted molar refractivity (Wildman–Crippen MR) is 108 cm³/mol. The lowest BCUT2D eigenvalue weighted by atomic mass is 10.2. The predicted octanol–water partition coefficient (Wildman–Crippen LogP) is 2.23. The van der Waals surface area contributed by atoms with Crippen LogP contribution in [-0.4, -0.2) is 46.2 Å². The summed E-state index contributed by atoms with van der Waals surface area (Å²) in [6.07, 6.45) is 1.33. The number of halogens is 1. The van der Waals surface area contributed by atoms with Crippen LogP contribution in [0.25, 0.3) is 0 Å². The van der Waals surface area contributed by atoms with Crippen LogP contribution in [0, 0.1) is 0 Å². The molecule has 3 N–H and O–H groups in total. The third kappa shape index (κ3) is 7.71. The Balaban J connectivity index is 0.00000529. The molecule has 0 aromatic heterocycles. The number of anilines is 1. The first-order valence-electron chi connectivity index (χ1n) is 7.61. The number of amides is 1. The van der Waals surface area contributed by atoms with Gasteiger partial charge in [0.1, 0.15) is 0 Å². The zero-order chi connectivity index (χ0) is 17.1. The van der Waals surface area contributed by atoms with Gasteiger partial charge in [-0.15, -0.1) is 24.0 Å². The number of hydrogen-bond donors (Lipinski definition) is 3. The summed E-state index contributed by atoms with van der Waals surface area (Å²) in [5.74, 6) is 1.90. The number of nitrogens with one attached hydrogen (secondary N) is 3. The van der Waals surface area contributed by atoms with Crippen LogP contribution < -0.4 is 25.4 Å². The van der Waals surface area contributed by atoms with E-state index in [4.69, 9.17) is 9.47 Å². The molecule has 0 aliphatic carbocycles. The molecule has 8 heteroatoms. The Morgan fingerprint density at radius 1 is 1.12 bits per heavy atom. The molecule has 1 rings (SSSR count). The van der Waals surface area contributed by atoms with Crippen LogP contribution in [0.1, 0.15) is 19.8 Å². The summed E-state index contributed by atoms with van der Waals surface area (Å²) in [7, 11) is 4.85. The lowest BCUT2D eigenvalue weighted by molar-refractivity contribution is -0.120. The molecule has 1 aromatic rings. The molecule has 0 radical (unpaired) electrons. The molecule has 0 bridgehead atoms. The Morgan fingerprint density at radius 3 is 2.42 bits per heavy atom. The van der Waals surface area contributed by atoms with Crippen LogP contribution in [-0.2, 0) is 4.79 Å². The summed E-state index contributed by atoms with van der Waals surface area (Å²) >= 11 is 0. The smallest absolute Gasteiger partial charge is 0.221 e. The number of ether oxygens (including phenoxy) is 2. The number of benzene rings is 1. The second-order valence-electron chi connectivity index (χ2n) is 4.79. The van der Waals surface area contributed by atoms with Gasteiger partial charge < -0.3 is 25.4 Å². The van der Waals surface area contributed by atoms with Gasteiger partial charge >= 0.3 is 0 Å². The first-order chi connectivity index (χ1) is 11.1. The first-order valence-corrected chi connectivity index (χ1v) is 7.61. The fraction of sp³-hybridized carbons (Fsp3) is 0.500. The molecule has 0 saturated heterocycles. The van der Waals surface area contributed by atoms with Gasteiger partial charge in [-0.1, -0.05) is 6.92 Å². The molecule has 0 aliphatic heterocycles. The molecule has 24 heavy (non-hydrogen) atoms. The molecule has 0 unspecified atom stereocenters. The highest BCUT2D eigenvalue weighted by Crippen LogP contribution is 2.29. The quantitative estimate of drug-likeness (QED) is 0.322. The van der Waals surface area contributed by atoms with Crippen LogP contribution in [0.15, 0.2) is 23.2 Å². The third-order valence-corrected chi connectivity index (χ3v) is 3.09. The second kappa shape index (κ2) is 12.7. The normalized spacial score (nSPS) is 10.4. The van der Waals surface area contributed by atoms with Gasteiger partial charge in [0.05, 0.1) is 14.2 Å². The molecule has 0 spiro atoms. The average Bonchev–Trinajstić information content (AvgIpc) is 2.58. The zero-order valence-electron chi connectivity index (χ0n) is 14.6. The van der Waals surface area contributed by atoms with Gasteiger partial charge in [0, 0.05) is 38.3 Å². The maximum absolute atomic E-state index is 11.5. The number of guanidine groups is 1. The molecular formula is C16H27IN4O3. The van der Waals surface area contributed by atoms with Crippen molar-refractivity contribution in [1.82, 2.24) is 10.6 Å². The van der Waals surface area contributed by atoms with E-state index in [1.54, 1.807) is 21.3 Å². The molecule has 0 heterocycles. The summed E-state index contributed by atoms with van der Waals surface area (Å²) in [5.41, 5.74) is 0.811. The molecule has 1 aromatic carbocycles. The molecule has 0 saturated carbocycles. The average molecular weight is 450 g/mol. The molecular weight excluding hydrogens is 423 g/mol. The standard InChI is InChI=1S/C16H26N4O3.HI/c1-5-9-18-15(21)8-10-19-16(17-2)20-12-6-7-13(22-3)14(11-12)23-4;/h6-7,11H,5,8-10H2,1-4H3,(H,18,21)(H2,17,19,20);1H. The topological polar surface area (TPSA) is 84.0 Å². The zero-order valence-corrected chi connectivity index (χ0v) is 17.0. The number of carbonyl (C=O) groups is 1. The minimum absolute atomic E-state index is 0. The minimum Gasteiger partial charge on any atom is -0.493 e. The van der Waals surface area contributed by atoms with Crippen LogP contribution in [0.3, 0.4) is 0 Å². The lowest BCUT2D eigenvalue weighted by Crippen LogP contribution is -2.34. The van der Waals surface area contributed by atoms with Crippen molar-refractivity contribution in [2.24, 2.45) is 4.99 Å². The second-order valence-corrected chi connectivity index (χ2v) is 4.79. The Kier molecular flexibility index (Phi) is 11.8. The summed E-state index contributed by atoms with van der Waals surface area (Å²) < 4.78 is 10.5. The molecule has 1 amide bonds. The van der Waals surface area contributed by atoms with Crippen LogP contribution >= 0.6 is 24.0 Å². The number of methoxy groups -OCH3 is 2. The van der Waals surface area contributed by atoms with E-state index in [2.05, 4.69) is 20.9 Å². The van der Waals surface area contributed by atoms with Gasteiger partial charge in [0.15, 0.2) is 17.5 Å². The maximum atomic E-state index is 11.5. The number of aliphatic imine (C=N–C) groups is 1. The summed E-state index contributed by atoms with van der Waals surface area (Å²) in [6, 6.07) is 5.49. The fourth-order valence-electron chi connectivity index (χ4n) is 1.88. The van der Waals surface area contributed by atoms with Crippen molar-refractivity contribution < 1.29 is 14.3 Å². The number of nitrogens with zero attached hydrogens (tertiary/aromatic N) is 1. The van der Waals surface area contributed by atoms with Gasteiger partial charge in [0.25, 0.3) is 0 Å². The Labute approximate surface area is 160 Å². The minimum atomic E-state index is 0. The van der Waals surface area contributed by atoms with Crippen LogP contribution in [0.4, 0.5) is 5.69 Å². The van der Waals surface area contributed by atoms with Crippen molar-refractivity contribution in [3.8, 4) is 11.5 Å². The third-order valence-electron chi connectivity index (χ3n) is 3.09. The molecule has 7 nitrogen and oxygen atoms in total. The van der Waals surface area contributed by atoms with E-state index < -0.39 is 0 Å². The molecule has 0 aliphatic rings. The SMILES string of the molecule is CCCNC(=O)CCNC(=NC)Nc1ccc(OC)c(OC)c1.I. The van der Waals surface area contributed by atoms with Crippen LogP contribution in [0.5, 0.6) is 11.5 Å². The maximum Gasteiger partial charge on any atom is 0.221 e. The highest BCUT2D eigenvalue weighted by atomic mass is 127. The van der Waals surface area contributed by atoms with Gasteiger partial charge in [-0.05, 0) is 18.6 Å². The van der Waals surface area contributed by atoms with Gasteiger partial charge in [-0.2, -0.15) is 0 Å². The largest absolute Gasteiger partial charge is 0.493 e. The molecule has 0 fully saturated rings. The Bertz CT molecular complexity index is 538. The van der Waals surface area contributed by atoms with Crippen molar-refractivity contribution in [3.05, 3.63) is 18.2 Å².